The van der Waals surface area contributed by atoms with E-state index in [1.54, 1.807) is 18.4 Å². The zero-order valence-electron chi connectivity index (χ0n) is 14.1. The Morgan fingerprint density at radius 3 is 2.44 bits per heavy atom. The summed E-state index contributed by atoms with van der Waals surface area (Å²) in [6.45, 7) is 0.323. The van der Waals surface area contributed by atoms with E-state index in [2.05, 4.69) is 20.6 Å². The highest BCUT2D eigenvalue weighted by atomic mass is 16.3. The van der Waals surface area contributed by atoms with Crippen LogP contribution in [0.2, 0.25) is 0 Å². The molecule has 2 heterocycles. The lowest BCUT2D eigenvalue weighted by Crippen LogP contribution is -2.22. The van der Waals surface area contributed by atoms with Crippen LogP contribution in [0.3, 0.4) is 0 Å². The van der Waals surface area contributed by atoms with Crippen molar-refractivity contribution < 1.29 is 9.21 Å². The summed E-state index contributed by atoms with van der Waals surface area (Å²) in [4.78, 5) is 22.4. The predicted octanol–water partition coefficient (Wildman–Crippen LogP) is 2.81. The van der Waals surface area contributed by atoms with E-state index in [-0.39, 0.29) is 5.91 Å². The number of hydrogen-bond acceptors (Lipinski definition) is 6. The van der Waals surface area contributed by atoms with Gasteiger partial charge in [-0.2, -0.15) is 0 Å². The number of nitrogens with one attached hydrogen (secondary N) is 2. The topological polar surface area (TPSA) is 83.3 Å². The standard InChI is InChI=1S/C18H19N5O2/c1-23(2)15-7-5-14(6-8-15)22-18-20-10-13(11-21-18)17(24)19-12-16-4-3-9-25-16/h3-11H,12H2,1-2H3,(H,19,24)(H,20,21,22). The van der Waals surface area contributed by atoms with Crippen LogP contribution < -0.4 is 15.5 Å². The molecule has 3 aromatic rings. The molecule has 0 bridgehead atoms. The number of anilines is 3. The van der Waals surface area contributed by atoms with Crippen molar-refractivity contribution in [2.45, 2.75) is 6.54 Å². The highest BCUT2D eigenvalue weighted by Crippen LogP contribution is 2.18. The van der Waals surface area contributed by atoms with Gasteiger partial charge < -0.3 is 20.0 Å². The molecule has 1 aromatic carbocycles. The normalized spacial score (nSPS) is 10.3. The van der Waals surface area contributed by atoms with Crippen LogP contribution in [0.5, 0.6) is 0 Å². The Labute approximate surface area is 145 Å². The van der Waals surface area contributed by atoms with Crippen molar-refractivity contribution in [2.24, 2.45) is 0 Å². The Balaban J connectivity index is 1.58. The second-order valence-electron chi connectivity index (χ2n) is 5.62. The summed E-state index contributed by atoms with van der Waals surface area (Å²) < 4.78 is 5.17. The minimum absolute atomic E-state index is 0.252. The quantitative estimate of drug-likeness (QED) is 0.720. The molecule has 0 aliphatic rings. The summed E-state index contributed by atoms with van der Waals surface area (Å²) >= 11 is 0. The van der Waals surface area contributed by atoms with Crippen LogP contribution in [0.1, 0.15) is 16.1 Å². The van der Waals surface area contributed by atoms with Gasteiger partial charge in [-0.05, 0) is 36.4 Å². The third-order valence-electron chi connectivity index (χ3n) is 3.56. The molecule has 0 fully saturated rings. The van der Waals surface area contributed by atoms with E-state index in [0.717, 1.165) is 11.4 Å². The van der Waals surface area contributed by atoms with Gasteiger partial charge >= 0.3 is 0 Å². The average Bonchev–Trinajstić information content (AvgIpc) is 3.14. The third kappa shape index (κ3) is 4.35. The third-order valence-corrected chi connectivity index (χ3v) is 3.56. The van der Waals surface area contributed by atoms with Crippen LogP contribution in [-0.4, -0.2) is 30.0 Å². The van der Waals surface area contributed by atoms with E-state index < -0.39 is 0 Å². The number of aromatic nitrogens is 2. The summed E-state index contributed by atoms with van der Waals surface area (Å²) in [5, 5.41) is 5.85. The molecule has 0 unspecified atom stereocenters. The molecule has 1 amide bonds. The van der Waals surface area contributed by atoms with Crippen LogP contribution in [0.15, 0.2) is 59.5 Å². The molecule has 128 valence electrons. The molecule has 0 spiro atoms. The van der Waals surface area contributed by atoms with Gasteiger partial charge in [-0.15, -0.1) is 0 Å². The first-order valence-corrected chi connectivity index (χ1v) is 7.79. The van der Waals surface area contributed by atoms with E-state index in [4.69, 9.17) is 4.42 Å². The highest BCUT2D eigenvalue weighted by molar-refractivity contribution is 5.93. The predicted molar refractivity (Wildman–Crippen MR) is 96.0 cm³/mol. The fourth-order valence-electron chi connectivity index (χ4n) is 2.16. The minimum Gasteiger partial charge on any atom is -0.467 e. The molecule has 2 aromatic heterocycles. The zero-order valence-corrected chi connectivity index (χ0v) is 14.1. The molecule has 0 aliphatic carbocycles. The summed E-state index contributed by atoms with van der Waals surface area (Å²) in [5.41, 5.74) is 2.37. The molecular formula is C18H19N5O2. The van der Waals surface area contributed by atoms with E-state index >= 15 is 0 Å². The Morgan fingerprint density at radius 1 is 1.12 bits per heavy atom. The molecule has 7 heteroatoms. The summed E-state index contributed by atoms with van der Waals surface area (Å²) in [5.74, 6) is 0.868. The number of furan rings is 1. The van der Waals surface area contributed by atoms with Gasteiger partial charge in [0, 0.05) is 37.9 Å². The van der Waals surface area contributed by atoms with Crippen LogP contribution in [-0.2, 0) is 6.54 Å². The molecule has 0 radical (unpaired) electrons. The Bertz CT molecular complexity index is 812. The number of rotatable bonds is 6. The van der Waals surface area contributed by atoms with Crippen molar-refractivity contribution in [1.29, 1.82) is 0 Å². The number of nitrogens with zero attached hydrogens (tertiary/aromatic N) is 3. The van der Waals surface area contributed by atoms with Gasteiger partial charge in [0.05, 0.1) is 18.4 Å². The van der Waals surface area contributed by atoms with Gasteiger partial charge in [0.15, 0.2) is 0 Å². The SMILES string of the molecule is CN(C)c1ccc(Nc2ncc(C(=O)NCc3ccco3)cn2)cc1. The fourth-order valence-corrected chi connectivity index (χ4v) is 2.16. The van der Waals surface area contributed by atoms with Gasteiger partial charge in [0.1, 0.15) is 5.76 Å². The molecule has 0 saturated carbocycles. The first-order valence-electron chi connectivity index (χ1n) is 7.79. The van der Waals surface area contributed by atoms with Gasteiger partial charge in [0.25, 0.3) is 5.91 Å². The van der Waals surface area contributed by atoms with Gasteiger partial charge in [-0.1, -0.05) is 0 Å². The Hall–Kier alpha value is -3.35. The number of hydrogen-bond donors (Lipinski definition) is 2. The van der Waals surface area contributed by atoms with Crippen LogP contribution in [0.4, 0.5) is 17.3 Å². The molecule has 7 nitrogen and oxygen atoms in total. The lowest BCUT2D eigenvalue weighted by molar-refractivity contribution is 0.0947. The van der Waals surface area contributed by atoms with Crippen LogP contribution in [0.25, 0.3) is 0 Å². The number of carbonyl (C=O) groups is 1. The highest BCUT2D eigenvalue weighted by Gasteiger charge is 2.08. The monoisotopic (exact) mass is 337 g/mol. The van der Waals surface area contributed by atoms with Gasteiger partial charge in [0.2, 0.25) is 5.95 Å². The minimum atomic E-state index is -0.252. The smallest absolute Gasteiger partial charge is 0.254 e. The first kappa shape index (κ1) is 16.5. The first-order chi connectivity index (χ1) is 12.1. The van der Waals surface area contributed by atoms with E-state index in [1.807, 2.05) is 43.3 Å². The van der Waals surface area contributed by atoms with Crippen molar-refractivity contribution in [3.05, 3.63) is 66.4 Å². The van der Waals surface area contributed by atoms with Crippen molar-refractivity contribution in [1.82, 2.24) is 15.3 Å². The lowest BCUT2D eigenvalue weighted by Gasteiger charge is -2.13. The second-order valence-corrected chi connectivity index (χ2v) is 5.62. The Kier molecular flexibility index (Phi) is 4.94. The molecule has 3 rings (SSSR count). The zero-order chi connectivity index (χ0) is 17.6. The molecule has 2 N–H and O–H groups in total. The van der Waals surface area contributed by atoms with E-state index in [9.17, 15) is 4.79 Å². The second kappa shape index (κ2) is 7.48. The maximum Gasteiger partial charge on any atom is 0.254 e. The van der Waals surface area contributed by atoms with Crippen molar-refractivity contribution >= 4 is 23.2 Å². The maximum absolute atomic E-state index is 12.1. The van der Waals surface area contributed by atoms with Crippen molar-refractivity contribution in [3.63, 3.8) is 0 Å². The molecule has 0 atom stereocenters. The van der Waals surface area contributed by atoms with E-state index in [1.165, 1.54) is 12.4 Å². The van der Waals surface area contributed by atoms with Crippen LogP contribution in [0, 0.1) is 0 Å². The van der Waals surface area contributed by atoms with Crippen LogP contribution >= 0.6 is 0 Å². The number of amides is 1. The van der Waals surface area contributed by atoms with E-state index in [0.29, 0.717) is 23.8 Å². The average molecular weight is 337 g/mol. The van der Waals surface area contributed by atoms with Crippen molar-refractivity contribution in [2.75, 3.05) is 24.3 Å². The van der Waals surface area contributed by atoms with Gasteiger partial charge in [-0.3, -0.25) is 4.79 Å². The fraction of sp³-hybridized carbons (Fsp3) is 0.167. The summed E-state index contributed by atoms with van der Waals surface area (Å²) in [6, 6.07) is 11.5. The summed E-state index contributed by atoms with van der Waals surface area (Å²) in [6.07, 6.45) is 4.54. The molecule has 0 saturated heterocycles. The Morgan fingerprint density at radius 2 is 1.84 bits per heavy atom. The van der Waals surface area contributed by atoms with Crippen molar-refractivity contribution in [3.8, 4) is 0 Å². The largest absolute Gasteiger partial charge is 0.467 e. The number of benzene rings is 1. The lowest BCUT2D eigenvalue weighted by atomic mass is 10.2. The van der Waals surface area contributed by atoms with Gasteiger partial charge in [-0.25, -0.2) is 9.97 Å². The molecule has 0 aliphatic heterocycles. The number of carbonyl (C=O) groups excluding carboxylic acids is 1. The molecular weight excluding hydrogens is 318 g/mol. The molecule has 25 heavy (non-hydrogen) atoms. The maximum atomic E-state index is 12.1. The summed E-state index contributed by atoms with van der Waals surface area (Å²) in [7, 11) is 3.97.